The van der Waals surface area contributed by atoms with E-state index in [9.17, 15) is 9.59 Å². The van der Waals surface area contributed by atoms with Crippen molar-refractivity contribution in [1.82, 2.24) is 5.32 Å². The quantitative estimate of drug-likeness (QED) is 0.442. The Bertz CT molecular complexity index is 1050. The molecule has 3 aromatic carbocycles. The number of nitrogens with one attached hydrogen (secondary N) is 1. The van der Waals surface area contributed by atoms with Gasteiger partial charge in [-0.25, -0.2) is 0 Å². The Kier molecular flexibility index (Phi) is 8.58. The lowest BCUT2D eigenvalue weighted by molar-refractivity contribution is 0.0944. The summed E-state index contributed by atoms with van der Waals surface area (Å²) < 4.78 is 6.06. The number of rotatable bonds is 11. The molecule has 0 aliphatic rings. The van der Waals surface area contributed by atoms with Gasteiger partial charge >= 0.3 is 0 Å². The van der Waals surface area contributed by atoms with Gasteiger partial charge in [0.1, 0.15) is 12.4 Å². The lowest BCUT2D eigenvalue weighted by Crippen LogP contribution is -2.26. The van der Waals surface area contributed by atoms with Crippen LogP contribution in [0.3, 0.4) is 0 Å². The topological polar surface area (TPSA) is 75.6 Å². The summed E-state index contributed by atoms with van der Waals surface area (Å²) in [5, 5.41) is 11.5. The maximum absolute atomic E-state index is 12.1. The van der Waals surface area contributed by atoms with Crippen LogP contribution in [0.4, 0.5) is 0 Å². The molecule has 0 unspecified atom stereocenters. The number of benzene rings is 3. The van der Waals surface area contributed by atoms with Gasteiger partial charge in [-0.15, -0.1) is 0 Å². The van der Waals surface area contributed by atoms with Crippen LogP contribution in [0.1, 0.15) is 50.8 Å². The van der Waals surface area contributed by atoms with Crippen LogP contribution in [0.2, 0.25) is 0 Å². The fourth-order valence-electron chi connectivity index (χ4n) is 3.49. The van der Waals surface area contributed by atoms with E-state index in [0.717, 1.165) is 41.7 Å². The monoisotopic (exact) mass is 431 g/mol. The first-order chi connectivity index (χ1) is 15.6. The molecule has 0 saturated carbocycles. The van der Waals surface area contributed by atoms with Crippen molar-refractivity contribution >= 4 is 11.7 Å². The van der Waals surface area contributed by atoms with Gasteiger partial charge in [-0.05, 0) is 73.2 Å². The van der Waals surface area contributed by atoms with Crippen molar-refractivity contribution in [3.05, 3.63) is 101 Å². The number of hydrogen-bond acceptors (Lipinski definition) is 4. The van der Waals surface area contributed by atoms with Gasteiger partial charge < -0.3 is 15.2 Å². The zero-order valence-corrected chi connectivity index (χ0v) is 18.3. The second kappa shape index (κ2) is 11.8. The minimum atomic E-state index is -0.188. The van der Waals surface area contributed by atoms with Crippen LogP contribution in [-0.4, -0.2) is 29.9 Å². The molecule has 0 radical (unpaired) electrons. The average Bonchev–Trinajstić information content (AvgIpc) is 2.82. The Morgan fingerprint density at radius 3 is 2.41 bits per heavy atom. The third-order valence-electron chi connectivity index (χ3n) is 5.20. The minimum Gasteiger partial charge on any atom is -0.489 e. The number of carbonyl (C=O) groups is 2. The van der Waals surface area contributed by atoms with Gasteiger partial charge in [0.05, 0.1) is 6.61 Å². The Morgan fingerprint density at radius 2 is 1.66 bits per heavy atom. The van der Waals surface area contributed by atoms with E-state index in [1.165, 1.54) is 0 Å². The third-order valence-corrected chi connectivity index (χ3v) is 5.20. The summed E-state index contributed by atoms with van der Waals surface area (Å²) in [6, 6.07) is 23.1. The van der Waals surface area contributed by atoms with Gasteiger partial charge in [0.2, 0.25) is 0 Å². The molecule has 5 heteroatoms. The number of Topliss-reactive ketones (excluding diaryl/α,β-unsaturated/α-hetero) is 1. The highest BCUT2D eigenvalue weighted by Crippen LogP contribution is 2.24. The van der Waals surface area contributed by atoms with Crippen LogP contribution >= 0.6 is 0 Å². The molecule has 2 N–H and O–H groups in total. The van der Waals surface area contributed by atoms with Crippen molar-refractivity contribution in [2.75, 3.05) is 13.2 Å². The van der Waals surface area contributed by atoms with Gasteiger partial charge in [-0.2, -0.15) is 0 Å². The van der Waals surface area contributed by atoms with Gasteiger partial charge in [0.15, 0.2) is 5.78 Å². The predicted octanol–water partition coefficient (Wildman–Crippen LogP) is 4.37. The number of hydrogen-bond donors (Lipinski definition) is 2. The van der Waals surface area contributed by atoms with E-state index in [4.69, 9.17) is 9.84 Å². The lowest BCUT2D eigenvalue weighted by atomic mass is 9.99. The van der Waals surface area contributed by atoms with Crippen molar-refractivity contribution in [3.8, 4) is 5.75 Å². The highest BCUT2D eigenvalue weighted by atomic mass is 16.5. The van der Waals surface area contributed by atoms with Gasteiger partial charge in [0.25, 0.3) is 5.91 Å². The van der Waals surface area contributed by atoms with E-state index in [0.29, 0.717) is 17.7 Å². The number of amides is 1. The SMILES string of the molecule is CC(=O)c1ccc(OCc2ccccc2)c(CCCc2cccc(C(=O)NCCO)c2)c1. The van der Waals surface area contributed by atoms with E-state index in [1.807, 2.05) is 60.7 Å². The Morgan fingerprint density at radius 1 is 0.875 bits per heavy atom. The van der Waals surface area contributed by atoms with Crippen LogP contribution in [0, 0.1) is 0 Å². The first-order valence-electron chi connectivity index (χ1n) is 10.9. The normalized spacial score (nSPS) is 10.6. The molecule has 0 bridgehead atoms. The van der Waals surface area contributed by atoms with Gasteiger partial charge in [-0.1, -0.05) is 42.5 Å². The Hall–Kier alpha value is -3.44. The maximum Gasteiger partial charge on any atom is 0.251 e. The van der Waals surface area contributed by atoms with E-state index < -0.39 is 0 Å². The summed E-state index contributed by atoms with van der Waals surface area (Å²) in [6.45, 7) is 2.19. The number of ketones is 1. The number of aryl methyl sites for hydroxylation is 2. The van der Waals surface area contributed by atoms with E-state index in [-0.39, 0.29) is 24.8 Å². The Balaban J connectivity index is 1.66. The van der Waals surface area contributed by atoms with Crippen molar-refractivity contribution in [3.63, 3.8) is 0 Å². The first kappa shape index (κ1) is 23.2. The summed E-state index contributed by atoms with van der Waals surface area (Å²) in [5.74, 6) is 0.630. The zero-order valence-electron chi connectivity index (χ0n) is 18.3. The molecule has 1 amide bonds. The molecule has 32 heavy (non-hydrogen) atoms. The minimum absolute atomic E-state index is 0.0300. The van der Waals surface area contributed by atoms with E-state index >= 15 is 0 Å². The van der Waals surface area contributed by atoms with Crippen molar-refractivity contribution in [1.29, 1.82) is 0 Å². The largest absolute Gasteiger partial charge is 0.489 e. The third kappa shape index (κ3) is 6.79. The van der Waals surface area contributed by atoms with Gasteiger partial charge in [-0.3, -0.25) is 9.59 Å². The fraction of sp³-hybridized carbons (Fsp3) is 0.259. The standard InChI is InChI=1S/C27H29NO4/c1-20(30)23-13-14-26(32-19-22-7-3-2-4-8-22)24(18-23)11-5-9-21-10-6-12-25(17-21)27(31)28-15-16-29/h2-4,6-8,10,12-14,17-18,29H,5,9,11,15-16,19H2,1H3,(H,28,31). The molecular weight excluding hydrogens is 402 g/mol. The number of aliphatic hydroxyl groups excluding tert-OH is 1. The molecule has 0 atom stereocenters. The summed E-state index contributed by atoms with van der Waals surface area (Å²) in [6.07, 6.45) is 2.40. The molecule has 0 spiro atoms. The second-order valence-electron chi connectivity index (χ2n) is 7.69. The lowest BCUT2D eigenvalue weighted by Gasteiger charge is -2.13. The second-order valence-corrected chi connectivity index (χ2v) is 7.69. The molecule has 3 aromatic rings. The van der Waals surface area contributed by atoms with Crippen molar-refractivity contribution in [2.24, 2.45) is 0 Å². The molecule has 0 saturated heterocycles. The molecule has 166 valence electrons. The highest BCUT2D eigenvalue weighted by Gasteiger charge is 2.10. The summed E-state index contributed by atoms with van der Waals surface area (Å²) >= 11 is 0. The van der Waals surface area contributed by atoms with Crippen LogP contribution in [0.15, 0.2) is 72.8 Å². The molecule has 5 nitrogen and oxygen atoms in total. The smallest absolute Gasteiger partial charge is 0.251 e. The predicted molar refractivity (Wildman–Crippen MR) is 125 cm³/mol. The average molecular weight is 432 g/mol. The molecule has 0 aliphatic heterocycles. The fourth-order valence-corrected chi connectivity index (χ4v) is 3.49. The molecule has 0 aliphatic carbocycles. The highest BCUT2D eigenvalue weighted by molar-refractivity contribution is 5.94. The van der Waals surface area contributed by atoms with Crippen molar-refractivity contribution in [2.45, 2.75) is 32.8 Å². The number of carbonyl (C=O) groups excluding carboxylic acids is 2. The van der Waals surface area contributed by atoms with Crippen LogP contribution in [-0.2, 0) is 19.4 Å². The van der Waals surface area contributed by atoms with E-state index in [1.54, 1.807) is 19.1 Å². The van der Waals surface area contributed by atoms with E-state index in [2.05, 4.69) is 5.32 Å². The molecule has 0 heterocycles. The molecule has 3 rings (SSSR count). The summed E-state index contributed by atoms with van der Waals surface area (Å²) in [7, 11) is 0. The number of aliphatic hydroxyl groups is 1. The molecule has 0 fully saturated rings. The summed E-state index contributed by atoms with van der Waals surface area (Å²) in [4.78, 5) is 24.0. The first-order valence-corrected chi connectivity index (χ1v) is 10.9. The van der Waals surface area contributed by atoms with Crippen LogP contribution in [0.5, 0.6) is 5.75 Å². The summed E-state index contributed by atoms with van der Waals surface area (Å²) in [5.41, 5.74) is 4.42. The molecular formula is C27H29NO4. The number of ether oxygens (including phenoxy) is 1. The van der Waals surface area contributed by atoms with Crippen molar-refractivity contribution < 1.29 is 19.4 Å². The van der Waals surface area contributed by atoms with Crippen LogP contribution in [0.25, 0.3) is 0 Å². The molecule has 0 aromatic heterocycles. The Labute approximate surface area is 189 Å². The van der Waals surface area contributed by atoms with Crippen LogP contribution < -0.4 is 10.1 Å². The van der Waals surface area contributed by atoms with Gasteiger partial charge in [0, 0.05) is 17.7 Å². The zero-order chi connectivity index (χ0) is 22.8. The maximum atomic E-state index is 12.1.